The van der Waals surface area contributed by atoms with Crippen LogP contribution in [-0.4, -0.2) is 36.5 Å². The highest BCUT2D eigenvalue weighted by Gasteiger charge is 2.26. The summed E-state index contributed by atoms with van der Waals surface area (Å²) < 4.78 is 13.1. The van der Waals surface area contributed by atoms with Crippen LogP contribution >= 0.6 is 11.6 Å². The summed E-state index contributed by atoms with van der Waals surface area (Å²) in [5, 5.41) is 3.59. The van der Waals surface area contributed by atoms with Crippen LogP contribution in [0.4, 0.5) is 4.39 Å². The van der Waals surface area contributed by atoms with Gasteiger partial charge in [-0.2, -0.15) is 0 Å². The van der Waals surface area contributed by atoms with Gasteiger partial charge in [0.2, 0.25) is 0 Å². The second kappa shape index (κ2) is 6.32. The molecule has 1 N–H and O–H groups in total. The lowest BCUT2D eigenvalue weighted by molar-refractivity contribution is 0.0705. The zero-order valence-electron chi connectivity index (χ0n) is 11.9. The van der Waals surface area contributed by atoms with Crippen molar-refractivity contribution in [1.82, 2.24) is 10.2 Å². The maximum Gasteiger partial charge on any atom is 0.253 e. The number of carbonyl (C=O) groups excluding carboxylic acids is 1. The normalized spacial score (nSPS) is 19.8. The second-order valence-electron chi connectivity index (χ2n) is 6.05. The zero-order valence-corrected chi connectivity index (χ0v) is 12.7. The van der Waals surface area contributed by atoms with Crippen LogP contribution in [0.2, 0.25) is 5.02 Å². The number of amides is 1. The SMILES string of the molecule is O=C(c1ccc(F)c(Cl)c1)N1CCC(NCC2CC2)CC1. The van der Waals surface area contributed by atoms with Gasteiger partial charge in [-0.3, -0.25) is 4.79 Å². The molecule has 5 heteroatoms. The van der Waals surface area contributed by atoms with E-state index in [-0.39, 0.29) is 10.9 Å². The Morgan fingerprint density at radius 3 is 2.62 bits per heavy atom. The van der Waals surface area contributed by atoms with Crippen LogP contribution in [0.15, 0.2) is 18.2 Å². The first kappa shape index (κ1) is 14.8. The molecule has 3 nitrogen and oxygen atoms in total. The average molecular weight is 311 g/mol. The number of hydrogen-bond acceptors (Lipinski definition) is 2. The third kappa shape index (κ3) is 3.74. The van der Waals surface area contributed by atoms with E-state index >= 15 is 0 Å². The molecule has 1 saturated heterocycles. The Balaban J connectivity index is 1.52. The molecule has 0 spiro atoms. The van der Waals surface area contributed by atoms with Crippen LogP contribution in [0.25, 0.3) is 0 Å². The fourth-order valence-electron chi connectivity index (χ4n) is 2.75. The predicted molar refractivity (Wildman–Crippen MR) is 81.1 cm³/mol. The summed E-state index contributed by atoms with van der Waals surface area (Å²) in [6.07, 6.45) is 4.67. The number of halogens is 2. The number of nitrogens with zero attached hydrogens (tertiary/aromatic N) is 1. The molecule has 2 aliphatic rings. The Bertz CT molecular complexity index is 525. The predicted octanol–water partition coefficient (Wildman–Crippen LogP) is 3.08. The van der Waals surface area contributed by atoms with E-state index in [0.29, 0.717) is 11.6 Å². The van der Waals surface area contributed by atoms with E-state index in [9.17, 15) is 9.18 Å². The van der Waals surface area contributed by atoms with Crippen LogP contribution in [0, 0.1) is 11.7 Å². The molecular weight excluding hydrogens is 291 g/mol. The van der Waals surface area contributed by atoms with Gasteiger partial charge in [0.05, 0.1) is 5.02 Å². The standard InChI is InChI=1S/C16H20ClFN2O/c17-14-9-12(3-4-15(14)18)16(21)20-7-5-13(6-8-20)19-10-11-1-2-11/h3-4,9,11,13,19H,1-2,5-8,10H2. The average Bonchev–Trinajstić information content (AvgIpc) is 3.32. The van der Waals surface area contributed by atoms with Gasteiger partial charge in [0.25, 0.3) is 5.91 Å². The fraction of sp³-hybridized carbons (Fsp3) is 0.562. The van der Waals surface area contributed by atoms with Gasteiger partial charge in [-0.1, -0.05) is 11.6 Å². The van der Waals surface area contributed by atoms with Crippen molar-refractivity contribution in [1.29, 1.82) is 0 Å². The van der Waals surface area contributed by atoms with Crippen LogP contribution < -0.4 is 5.32 Å². The van der Waals surface area contributed by atoms with E-state index in [0.717, 1.165) is 38.4 Å². The third-order valence-corrected chi connectivity index (χ3v) is 4.63. The Labute approximate surface area is 129 Å². The molecule has 0 bridgehead atoms. The lowest BCUT2D eigenvalue weighted by Crippen LogP contribution is -2.45. The molecule has 1 heterocycles. The van der Waals surface area contributed by atoms with Crippen LogP contribution in [0.3, 0.4) is 0 Å². The molecule has 2 fully saturated rings. The van der Waals surface area contributed by atoms with Gasteiger partial charge in [-0.05, 0) is 56.3 Å². The Morgan fingerprint density at radius 1 is 1.29 bits per heavy atom. The fourth-order valence-corrected chi connectivity index (χ4v) is 2.93. The summed E-state index contributed by atoms with van der Waals surface area (Å²) >= 11 is 5.74. The first-order chi connectivity index (χ1) is 10.1. The molecule has 1 aliphatic heterocycles. The van der Waals surface area contributed by atoms with Crippen molar-refractivity contribution in [2.24, 2.45) is 5.92 Å². The molecule has 1 saturated carbocycles. The molecule has 0 unspecified atom stereocenters. The number of rotatable bonds is 4. The maximum atomic E-state index is 13.1. The Kier molecular flexibility index (Phi) is 4.45. The highest BCUT2D eigenvalue weighted by atomic mass is 35.5. The van der Waals surface area contributed by atoms with Crippen molar-refractivity contribution < 1.29 is 9.18 Å². The Hall–Kier alpha value is -1.13. The molecule has 1 amide bonds. The minimum absolute atomic E-state index is 0.00170. The number of nitrogens with one attached hydrogen (secondary N) is 1. The summed E-state index contributed by atoms with van der Waals surface area (Å²) in [6, 6.07) is 4.68. The van der Waals surface area contributed by atoms with E-state index in [1.54, 1.807) is 0 Å². The van der Waals surface area contributed by atoms with Crippen molar-refractivity contribution in [3.8, 4) is 0 Å². The van der Waals surface area contributed by atoms with Gasteiger partial charge < -0.3 is 10.2 Å². The molecule has 21 heavy (non-hydrogen) atoms. The summed E-state index contributed by atoms with van der Waals surface area (Å²) in [5.41, 5.74) is 0.464. The van der Waals surface area contributed by atoms with E-state index in [2.05, 4.69) is 5.32 Å². The minimum Gasteiger partial charge on any atom is -0.339 e. The molecule has 1 aliphatic carbocycles. The van der Waals surface area contributed by atoms with E-state index in [4.69, 9.17) is 11.6 Å². The van der Waals surface area contributed by atoms with Gasteiger partial charge in [0.1, 0.15) is 5.82 Å². The van der Waals surface area contributed by atoms with Gasteiger partial charge in [0.15, 0.2) is 0 Å². The van der Waals surface area contributed by atoms with Crippen LogP contribution in [-0.2, 0) is 0 Å². The van der Waals surface area contributed by atoms with Crippen LogP contribution in [0.1, 0.15) is 36.0 Å². The van der Waals surface area contributed by atoms with Gasteiger partial charge >= 0.3 is 0 Å². The number of hydrogen-bond donors (Lipinski definition) is 1. The monoisotopic (exact) mass is 310 g/mol. The first-order valence-electron chi connectivity index (χ1n) is 7.61. The van der Waals surface area contributed by atoms with E-state index in [1.165, 1.54) is 31.0 Å². The second-order valence-corrected chi connectivity index (χ2v) is 6.45. The molecule has 0 aromatic heterocycles. The van der Waals surface area contributed by atoms with Crippen LogP contribution in [0.5, 0.6) is 0 Å². The third-order valence-electron chi connectivity index (χ3n) is 4.34. The number of carbonyl (C=O) groups is 1. The molecule has 1 aromatic carbocycles. The summed E-state index contributed by atoms with van der Waals surface area (Å²) in [6.45, 7) is 2.61. The number of benzene rings is 1. The molecule has 114 valence electrons. The smallest absolute Gasteiger partial charge is 0.253 e. The van der Waals surface area contributed by atoms with E-state index in [1.807, 2.05) is 4.90 Å². The summed E-state index contributed by atoms with van der Waals surface area (Å²) in [4.78, 5) is 14.2. The summed E-state index contributed by atoms with van der Waals surface area (Å²) in [5.74, 6) is 0.333. The largest absolute Gasteiger partial charge is 0.339 e. The molecule has 0 atom stereocenters. The molecule has 0 radical (unpaired) electrons. The number of piperidine rings is 1. The minimum atomic E-state index is -0.490. The Morgan fingerprint density at radius 2 is 2.00 bits per heavy atom. The lowest BCUT2D eigenvalue weighted by Gasteiger charge is -2.32. The van der Waals surface area contributed by atoms with Gasteiger partial charge in [0, 0.05) is 24.7 Å². The quantitative estimate of drug-likeness (QED) is 0.927. The van der Waals surface area contributed by atoms with Crippen molar-refractivity contribution in [3.05, 3.63) is 34.6 Å². The van der Waals surface area contributed by atoms with Crippen molar-refractivity contribution >= 4 is 17.5 Å². The first-order valence-corrected chi connectivity index (χ1v) is 7.99. The molecule has 1 aromatic rings. The maximum absolute atomic E-state index is 13.1. The lowest BCUT2D eigenvalue weighted by atomic mass is 10.0. The zero-order chi connectivity index (χ0) is 14.8. The van der Waals surface area contributed by atoms with E-state index < -0.39 is 5.82 Å². The number of likely N-dealkylation sites (tertiary alicyclic amines) is 1. The van der Waals surface area contributed by atoms with Gasteiger partial charge in [-0.25, -0.2) is 4.39 Å². The molecule has 3 rings (SSSR count). The van der Waals surface area contributed by atoms with Gasteiger partial charge in [-0.15, -0.1) is 0 Å². The topological polar surface area (TPSA) is 32.3 Å². The highest BCUT2D eigenvalue weighted by Crippen LogP contribution is 2.28. The van der Waals surface area contributed by atoms with Crippen molar-refractivity contribution in [3.63, 3.8) is 0 Å². The highest BCUT2D eigenvalue weighted by molar-refractivity contribution is 6.31. The van der Waals surface area contributed by atoms with Crippen molar-refractivity contribution in [2.45, 2.75) is 31.7 Å². The summed E-state index contributed by atoms with van der Waals surface area (Å²) in [7, 11) is 0. The molecular formula is C16H20ClFN2O. The van der Waals surface area contributed by atoms with Crippen molar-refractivity contribution in [2.75, 3.05) is 19.6 Å².